The number of benzene rings is 3. The molecule has 1 unspecified atom stereocenters. The van der Waals surface area contributed by atoms with E-state index in [1.54, 1.807) is 0 Å². The van der Waals surface area contributed by atoms with Gasteiger partial charge in [-0.3, -0.25) is 0 Å². The molecule has 1 N–H and O–H groups in total. The Morgan fingerprint density at radius 3 is 2.29 bits per heavy atom. The number of aryl methyl sites for hydroxylation is 1. The van der Waals surface area contributed by atoms with Gasteiger partial charge in [0.1, 0.15) is 0 Å². The van der Waals surface area contributed by atoms with Gasteiger partial charge >= 0.3 is 0 Å². The Labute approximate surface area is 134 Å². The lowest BCUT2D eigenvalue weighted by Gasteiger charge is -2.19. The van der Waals surface area contributed by atoms with Crippen LogP contribution in [0.3, 0.4) is 0 Å². The first kappa shape index (κ1) is 14.2. The molecule has 0 amide bonds. The Morgan fingerprint density at radius 2 is 1.52 bits per heavy atom. The van der Waals surface area contributed by atoms with Gasteiger partial charge in [-0.05, 0) is 42.5 Å². The molecule has 0 fully saturated rings. The highest BCUT2D eigenvalue weighted by atomic mass is 79.9. The van der Waals surface area contributed by atoms with Gasteiger partial charge < -0.3 is 5.32 Å². The molecular weight excluding hydrogens is 322 g/mol. The zero-order chi connectivity index (χ0) is 14.8. The number of halogens is 1. The lowest BCUT2D eigenvalue weighted by Crippen LogP contribution is -2.08. The molecule has 0 aromatic heterocycles. The summed E-state index contributed by atoms with van der Waals surface area (Å²) in [6.07, 6.45) is 0. The fraction of sp³-hybridized carbons (Fsp3) is 0.158. The SMILES string of the molecule is Cc1ccccc1C(C)Nc1ccc(Br)c2ccccc12. The molecule has 1 atom stereocenters. The molecule has 0 aliphatic heterocycles. The van der Waals surface area contributed by atoms with Crippen LogP contribution in [0.5, 0.6) is 0 Å². The molecule has 3 aromatic carbocycles. The smallest absolute Gasteiger partial charge is 0.0488 e. The van der Waals surface area contributed by atoms with E-state index in [1.807, 2.05) is 0 Å². The number of anilines is 1. The Balaban J connectivity index is 1.99. The highest BCUT2D eigenvalue weighted by Gasteiger charge is 2.10. The zero-order valence-corrected chi connectivity index (χ0v) is 13.8. The van der Waals surface area contributed by atoms with Crippen LogP contribution < -0.4 is 5.32 Å². The Kier molecular flexibility index (Phi) is 3.98. The average molecular weight is 340 g/mol. The number of fused-ring (bicyclic) bond motifs is 1. The maximum Gasteiger partial charge on any atom is 0.0488 e. The summed E-state index contributed by atoms with van der Waals surface area (Å²) in [5.41, 5.74) is 3.83. The van der Waals surface area contributed by atoms with Crippen molar-refractivity contribution in [3.8, 4) is 0 Å². The molecule has 106 valence electrons. The van der Waals surface area contributed by atoms with Crippen molar-refractivity contribution in [1.82, 2.24) is 0 Å². The molecule has 0 bridgehead atoms. The summed E-state index contributed by atoms with van der Waals surface area (Å²) in [4.78, 5) is 0. The van der Waals surface area contributed by atoms with Crippen molar-refractivity contribution in [3.63, 3.8) is 0 Å². The summed E-state index contributed by atoms with van der Waals surface area (Å²) < 4.78 is 1.13. The van der Waals surface area contributed by atoms with E-state index in [0.29, 0.717) is 0 Å². The molecule has 0 aliphatic rings. The molecule has 3 rings (SSSR count). The van der Waals surface area contributed by atoms with Gasteiger partial charge in [0, 0.05) is 21.6 Å². The van der Waals surface area contributed by atoms with Crippen molar-refractivity contribution in [2.24, 2.45) is 0 Å². The molecule has 21 heavy (non-hydrogen) atoms. The Hall–Kier alpha value is -1.80. The molecule has 2 heteroatoms. The van der Waals surface area contributed by atoms with Crippen LogP contribution in [-0.2, 0) is 0 Å². The summed E-state index contributed by atoms with van der Waals surface area (Å²) in [5.74, 6) is 0. The molecular formula is C19H18BrN. The first-order valence-corrected chi connectivity index (χ1v) is 7.95. The molecule has 0 spiro atoms. The molecule has 0 saturated carbocycles. The summed E-state index contributed by atoms with van der Waals surface area (Å²) in [5, 5.41) is 6.13. The second kappa shape index (κ2) is 5.90. The maximum absolute atomic E-state index is 3.65. The number of rotatable bonds is 3. The van der Waals surface area contributed by atoms with E-state index in [9.17, 15) is 0 Å². The monoisotopic (exact) mass is 339 g/mol. The Morgan fingerprint density at radius 1 is 0.857 bits per heavy atom. The molecule has 0 saturated heterocycles. The van der Waals surface area contributed by atoms with E-state index < -0.39 is 0 Å². The summed E-state index contributed by atoms with van der Waals surface area (Å²) >= 11 is 3.63. The molecule has 0 heterocycles. The lowest BCUT2D eigenvalue weighted by atomic mass is 10.0. The standard InChI is InChI=1S/C19H18BrN/c1-13-7-3-4-8-15(13)14(2)21-19-12-11-18(20)16-9-5-6-10-17(16)19/h3-12,14,21H,1-2H3. The molecule has 0 aliphatic carbocycles. The van der Waals surface area contributed by atoms with Crippen molar-refractivity contribution in [2.75, 3.05) is 5.32 Å². The van der Waals surface area contributed by atoms with Crippen LogP contribution in [0.15, 0.2) is 65.1 Å². The van der Waals surface area contributed by atoms with E-state index in [2.05, 4.69) is 95.8 Å². The van der Waals surface area contributed by atoms with Gasteiger partial charge in [-0.25, -0.2) is 0 Å². The fourth-order valence-electron chi connectivity index (χ4n) is 2.77. The van der Waals surface area contributed by atoms with Crippen LogP contribution in [-0.4, -0.2) is 0 Å². The number of hydrogen-bond donors (Lipinski definition) is 1. The third-order valence-corrected chi connectivity index (χ3v) is 4.59. The van der Waals surface area contributed by atoms with Crippen LogP contribution in [0.2, 0.25) is 0 Å². The van der Waals surface area contributed by atoms with Crippen LogP contribution >= 0.6 is 15.9 Å². The largest absolute Gasteiger partial charge is 0.378 e. The van der Waals surface area contributed by atoms with E-state index in [0.717, 1.165) is 4.47 Å². The normalized spacial score (nSPS) is 12.3. The van der Waals surface area contributed by atoms with Crippen LogP contribution in [0.25, 0.3) is 10.8 Å². The summed E-state index contributed by atoms with van der Waals surface area (Å²) in [6.45, 7) is 4.37. The predicted octanol–water partition coefficient (Wildman–Crippen LogP) is 6.08. The fourth-order valence-corrected chi connectivity index (χ4v) is 3.25. The minimum atomic E-state index is 0.274. The minimum absolute atomic E-state index is 0.274. The van der Waals surface area contributed by atoms with Crippen molar-refractivity contribution in [3.05, 3.63) is 76.3 Å². The van der Waals surface area contributed by atoms with E-state index in [4.69, 9.17) is 0 Å². The first-order valence-electron chi connectivity index (χ1n) is 7.16. The quantitative estimate of drug-likeness (QED) is 0.609. The Bertz CT molecular complexity index is 779. The summed E-state index contributed by atoms with van der Waals surface area (Å²) in [6, 6.07) is 21.5. The zero-order valence-electron chi connectivity index (χ0n) is 12.2. The van der Waals surface area contributed by atoms with Crippen molar-refractivity contribution >= 4 is 32.4 Å². The highest BCUT2D eigenvalue weighted by Crippen LogP contribution is 2.32. The second-order valence-corrected chi connectivity index (χ2v) is 6.22. The van der Waals surface area contributed by atoms with Gasteiger partial charge in [0.05, 0.1) is 0 Å². The molecule has 0 radical (unpaired) electrons. The lowest BCUT2D eigenvalue weighted by molar-refractivity contribution is 0.876. The van der Waals surface area contributed by atoms with Crippen molar-refractivity contribution in [2.45, 2.75) is 19.9 Å². The number of nitrogens with one attached hydrogen (secondary N) is 1. The summed E-state index contributed by atoms with van der Waals surface area (Å²) in [7, 11) is 0. The molecule has 1 nitrogen and oxygen atoms in total. The minimum Gasteiger partial charge on any atom is -0.378 e. The van der Waals surface area contributed by atoms with Gasteiger partial charge in [0.25, 0.3) is 0 Å². The van der Waals surface area contributed by atoms with E-state index >= 15 is 0 Å². The van der Waals surface area contributed by atoms with E-state index in [-0.39, 0.29) is 6.04 Å². The number of hydrogen-bond acceptors (Lipinski definition) is 1. The second-order valence-electron chi connectivity index (χ2n) is 5.36. The third kappa shape index (κ3) is 2.81. The highest BCUT2D eigenvalue weighted by molar-refractivity contribution is 9.10. The average Bonchev–Trinajstić information content (AvgIpc) is 2.51. The van der Waals surface area contributed by atoms with Crippen molar-refractivity contribution in [1.29, 1.82) is 0 Å². The van der Waals surface area contributed by atoms with Crippen LogP contribution in [0, 0.1) is 6.92 Å². The topological polar surface area (TPSA) is 12.0 Å². The van der Waals surface area contributed by atoms with Crippen LogP contribution in [0.4, 0.5) is 5.69 Å². The third-order valence-electron chi connectivity index (χ3n) is 3.90. The van der Waals surface area contributed by atoms with Crippen molar-refractivity contribution < 1.29 is 0 Å². The maximum atomic E-state index is 3.65. The van der Waals surface area contributed by atoms with Gasteiger partial charge in [0.2, 0.25) is 0 Å². The van der Waals surface area contributed by atoms with Gasteiger partial charge in [0.15, 0.2) is 0 Å². The predicted molar refractivity (Wildman–Crippen MR) is 94.9 cm³/mol. The first-order chi connectivity index (χ1) is 10.2. The van der Waals surface area contributed by atoms with Crippen LogP contribution in [0.1, 0.15) is 24.1 Å². The van der Waals surface area contributed by atoms with Gasteiger partial charge in [-0.1, -0.05) is 64.5 Å². The van der Waals surface area contributed by atoms with Gasteiger partial charge in [-0.2, -0.15) is 0 Å². The van der Waals surface area contributed by atoms with E-state index in [1.165, 1.54) is 27.6 Å². The molecule has 3 aromatic rings. The van der Waals surface area contributed by atoms with Gasteiger partial charge in [-0.15, -0.1) is 0 Å².